The van der Waals surface area contributed by atoms with Crippen molar-refractivity contribution < 1.29 is 9.90 Å². The minimum Gasteiger partial charge on any atom is -0.393 e. The van der Waals surface area contributed by atoms with Gasteiger partial charge >= 0.3 is 6.03 Å². The summed E-state index contributed by atoms with van der Waals surface area (Å²) in [5, 5.41) is 19.6. The fraction of sp³-hybridized carbons (Fsp3) is 0.444. The predicted molar refractivity (Wildman–Crippen MR) is 104 cm³/mol. The Morgan fingerprint density at radius 3 is 2.56 bits per heavy atom. The largest absolute Gasteiger partial charge is 0.393 e. The first kappa shape index (κ1) is 19.5. The predicted octanol–water partition coefficient (Wildman–Crippen LogP) is 3.69. The van der Waals surface area contributed by atoms with Crippen molar-refractivity contribution in [2.45, 2.75) is 33.3 Å². The fourth-order valence-corrected chi connectivity index (χ4v) is 3.11. The third-order valence-electron chi connectivity index (χ3n) is 3.94. The molecule has 2 atom stereocenters. The fourth-order valence-electron chi connectivity index (χ4n) is 2.85. The zero-order valence-electron chi connectivity index (χ0n) is 15.0. The Morgan fingerprint density at radius 1 is 1.32 bits per heavy atom. The number of amides is 2. The highest BCUT2D eigenvalue weighted by atomic mass is 79.9. The van der Waals surface area contributed by atoms with Gasteiger partial charge in [-0.25, -0.2) is 4.79 Å². The monoisotopic (exact) mass is 408 g/mol. The number of aryl methyl sites for hydroxylation is 2. The van der Waals surface area contributed by atoms with Crippen LogP contribution < -0.4 is 10.6 Å². The molecule has 2 amide bonds. The molecule has 0 aliphatic carbocycles. The first-order valence-electron chi connectivity index (χ1n) is 8.30. The molecule has 136 valence electrons. The number of carbonyl (C=O) groups excluding carboxylic acids is 1. The number of halogens is 1. The van der Waals surface area contributed by atoms with Gasteiger partial charge in [0.15, 0.2) is 0 Å². The minimum atomic E-state index is -0.372. The molecule has 0 bridgehead atoms. The summed E-state index contributed by atoms with van der Waals surface area (Å²) in [6.07, 6.45) is 0.276. The lowest BCUT2D eigenvalue weighted by Gasteiger charge is -2.15. The summed E-state index contributed by atoms with van der Waals surface area (Å²) < 4.78 is 2.67. The molecule has 3 N–H and O–H groups in total. The maximum absolute atomic E-state index is 12.3. The Bertz CT molecular complexity index is 725. The van der Waals surface area contributed by atoms with Gasteiger partial charge in [0, 0.05) is 23.6 Å². The van der Waals surface area contributed by atoms with Crippen molar-refractivity contribution in [3.8, 4) is 11.1 Å². The average Bonchev–Trinajstić information content (AvgIpc) is 2.80. The number of anilines is 1. The maximum Gasteiger partial charge on any atom is 0.320 e. The van der Waals surface area contributed by atoms with Crippen LogP contribution in [0.25, 0.3) is 11.1 Å². The second-order valence-electron chi connectivity index (χ2n) is 6.46. The normalized spacial score (nSPS) is 13.4. The van der Waals surface area contributed by atoms with Crippen LogP contribution in [-0.2, 0) is 7.05 Å². The van der Waals surface area contributed by atoms with Crippen LogP contribution in [0.3, 0.4) is 0 Å². The van der Waals surface area contributed by atoms with Crippen LogP contribution in [0.4, 0.5) is 10.6 Å². The number of urea groups is 1. The van der Waals surface area contributed by atoms with Gasteiger partial charge in [-0.2, -0.15) is 5.10 Å². The summed E-state index contributed by atoms with van der Waals surface area (Å²) in [5.74, 6) is 0.852. The lowest BCUT2D eigenvalue weighted by atomic mass is 10.1. The van der Waals surface area contributed by atoms with Gasteiger partial charge in [0.1, 0.15) is 5.82 Å². The number of hydrogen-bond donors (Lipinski definition) is 3. The molecule has 1 aromatic carbocycles. The van der Waals surface area contributed by atoms with Crippen LogP contribution in [0, 0.1) is 12.8 Å². The Hall–Kier alpha value is -1.86. The highest BCUT2D eigenvalue weighted by Crippen LogP contribution is 2.31. The number of aliphatic hydroxyl groups excluding tert-OH is 1. The molecule has 0 fully saturated rings. The van der Waals surface area contributed by atoms with Crippen molar-refractivity contribution in [2.75, 3.05) is 11.9 Å². The summed E-state index contributed by atoms with van der Waals surface area (Å²) in [6, 6.07) is 7.62. The Kier molecular flexibility index (Phi) is 6.61. The standard InChI is InChI=1S/C18H25BrN4O2/c1-11(9-12(2)24)10-20-18(25)21-17-16(13(3)22-23(17)4)14-5-7-15(19)8-6-14/h5-8,11-12,24H,9-10H2,1-4H3,(H2,20,21,25)/t11-,12-/m0/s1. The molecule has 1 heterocycles. The van der Waals surface area contributed by atoms with E-state index < -0.39 is 0 Å². The quantitative estimate of drug-likeness (QED) is 0.681. The summed E-state index contributed by atoms with van der Waals surface area (Å²) >= 11 is 3.43. The van der Waals surface area contributed by atoms with Crippen molar-refractivity contribution in [3.05, 3.63) is 34.4 Å². The van der Waals surface area contributed by atoms with E-state index in [2.05, 4.69) is 31.7 Å². The van der Waals surface area contributed by atoms with E-state index in [9.17, 15) is 9.90 Å². The molecular formula is C18H25BrN4O2. The van der Waals surface area contributed by atoms with Gasteiger partial charge in [-0.3, -0.25) is 10.00 Å². The molecule has 25 heavy (non-hydrogen) atoms. The highest BCUT2D eigenvalue weighted by molar-refractivity contribution is 9.10. The van der Waals surface area contributed by atoms with E-state index >= 15 is 0 Å². The highest BCUT2D eigenvalue weighted by Gasteiger charge is 2.17. The zero-order valence-corrected chi connectivity index (χ0v) is 16.6. The molecule has 0 saturated carbocycles. The van der Waals surface area contributed by atoms with Crippen molar-refractivity contribution in [1.82, 2.24) is 15.1 Å². The SMILES string of the molecule is Cc1nn(C)c(NC(=O)NC[C@@H](C)C[C@H](C)O)c1-c1ccc(Br)cc1. The van der Waals surface area contributed by atoms with Gasteiger partial charge < -0.3 is 10.4 Å². The number of benzene rings is 1. The van der Waals surface area contributed by atoms with Crippen LogP contribution in [0.2, 0.25) is 0 Å². The van der Waals surface area contributed by atoms with Gasteiger partial charge in [-0.05, 0) is 43.9 Å². The third-order valence-corrected chi connectivity index (χ3v) is 4.47. The second kappa shape index (κ2) is 8.49. The molecule has 0 unspecified atom stereocenters. The number of rotatable bonds is 6. The molecule has 1 aromatic heterocycles. The van der Waals surface area contributed by atoms with Crippen LogP contribution in [0.1, 0.15) is 26.0 Å². The number of nitrogens with one attached hydrogen (secondary N) is 2. The van der Waals surface area contributed by atoms with E-state index in [1.54, 1.807) is 18.7 Å². The number of hydrogen-bond acceptors (Lipinski definition) is 3. The lowest BCUT2D eigenvalue weighted by Crippen LogP contribution is -2.33. The molecule has 6 nitrogen and oxygen atoms in total. The van der Waals surface area contributed by atoms with Crippen LogP contribution in [0.15, 0.2) is 28.7 Å². The van der Waals surface area contributed by atoms with Crippen LogP contribution >= 0.6 is 15.9 Å². The maximum atomic E-state index is 12.3. The van der Waals surface area contributed by atoms with E-state index in [-0.39, 0.29) is 18.1 Å². The average molecular weight is 409 g/mol. The van der Waals surface area contributed by atoms with Crippen molar-refractivity contribution in [1.29, 1.82) is 0 Å². The summed E-state index contributed by atoms with van der Waals surface area (Å²) in [7, 11) is 1.81. The lowest BCUT2D eigenvalue weighted by molar-refractivity contribution is 0.163. The molecule has 7 heteroatoms. The molecule has 0 aliphatic rings. The molecule has 0 spiro atoms. The van der Waals surface area contributed by atoms with Crippen molar-refractivity contribution >= 4 is 27.8 Å². The topological polar surface area (TPSA) is 79.2 Å². The number of aromatic nitrogens is 2. The third kappa shape index (κ3) is 5.31. The molecule has 0 saturated heterocycles. The summed E-state index contributed by atoms with van der Waals surface area (Å²) in [5.41, 5.74) is 2.75. The number of carbonyl (C=O) groups is 1. The molecular weight excluding hydrogens is 384 g/mol. The molecule has 0 aliphatic heterocycles. The summed E-state index contributed by atoms with van der Waals surface area (Å²) in [4.78, 5) is 12.3. The second-order valence-corrected chi connectivity index (χ2v) is 7.38. The van der Waals surface area contributed by atoms with Crippen LogP contribution in [0.5, 0.6) is 0 Å². The van der Waals surface area contributed by atoms with Crippen LogP contribution in [-0.4, -0.2) is 33.6 Å². The van der Waals surface area contributed by atoms with Crippen molar-refractivity contribution in [2.24, 2.45) is 13.0 Å². The minimum absolute atomic E-state index is 0.199. The van der Waals surface area contributed by atoms with Crippen molar-refractivity contribution in [3.63, 3.8) is 0 Å². The molecule has 2 aromatic rings. The Balaban J connectivity index is 2.11. The van der Waals surface area contributed by atoms with Gasteiger partial charge in [-0.1, -0.05) is 35.0 Å². The van der Waals surface area contributed by atoms with E-state index in [0.717, 1.165) is 21.3 Å². The van der Waals surface area contributed by atoms with E-state index in [1.807, 2.05) is 38.1 Å². The van der Waals surface area contributed by atoms with Gasteiger partial charge in [0.05, 0.1) is 11.8 Å². The van der Waals surface area contributed by atoms with Gasteiger partial charge in [0.25, 0.3) is 0 Å². The summed E-state index contributed by atoms with van der Waals surface area (Å²) in [6.45, 7) is 6.17. The van der Waals surface area contributed by atoms with Gasteiger partial charge in [0.2, 0.25) is 0 Å². The zero-order chi connectivity index (χ0) is 18.6. The molecule has 2 rings (SSSR count). The van der Waals surface area contributed by atoms with E-state index in [4.69, 9.17) is 0 Å². The smallest absolute Gasteiger partial charge is 0.320 e. The Labute approximate surface area is 156 Å². The first-order chi connectivity index (χ1) is 11.8. The first-order valence-corrected chi connectivity index (χ1v) is 9.09. The van der Waals surface area contributed by atoms with E-state index in [1.165, 1.54) is 0 Å². The molecule has 0 radical (unpaired) electrons. The number of nitrogens with zero attached hydrogens (tertiary/aromatic N) is 2. The number of aliphatic hydroxyl groups is 1. The van der Waals surface area contributed by atoms with E-state index in [0.29, 0.717) is 18.8 Å². The van der Waals surface area contributed by atoms with Gasteiger partial charge in [-0.15, -0.1) is 0 Å². The Morgan fingerprint density at radius 2 is 1.96 bits per heavy atom.